The van der Waals surface area contributed by atoms with Crippen LogP contribution in [0, 0.1) is 6.92 Å². The first-order valence-corrected chi connectivity index (χ1v) is 5.15. The Hall–Kier alpha value is -2.16. The van der Waals surface area contributed by atoms with Crippen molar-refractivity contribution in [3.8, 4) is 0 Å². The first-order chi connectivity index (χ1) is 7.75. The molecule has 0 atom stereocenters. The van der Waals surface area contributed by atoms with Gasteiger partial charge in [0.25, 0.3) is 0 Å². The molecule has 3 heteroatoms. The number of anilines is 1. The average Bonchev–Trinajstić information content (AvgIpc) is 2.31. The Kier molecular flexibility index (Phi) is 1.80. The van der Waals surface area contributed by atoms with E-state index in [1.165, 1.54) is 0 Å². The quantitative estimate of drug-likeness (QED) is 0.579. The van der Waals surface area contributed by atoms with Gasteiger partial charge in [0, 0.05) is 23.2 Å². The largest absolute Gasteiger partial charge is 0.383 e. The molecule has 78 valence electrons. The summed E-state index contributed by atoms with van der Waals surface area (Å²) in [6, 6.07) is 8.18. The van der Waals surface area contributed by atoms with Gasteiger partial charge in [-0.2, -0.15) is 0 Å². The van der Waals surface area contributed by atoms with E-state index in [0.29, 0.717) is 5.82 Å². The van der Waals surface area contributed by atoms with Crippen molar-refractivity contribution in [2.24, 2.45) is 0 Å². The van der Waals surface area contributed by atoms with Crippen LogP contribution in [0.1, 0.15) is 5.56 Å². The lowest BCUT2D eigenvalue weighted by Crippen LogP contribution is -1.94. The van der Waals surface area contributed by atoms with Gasteiger partial charge in [0.1, 0.15) is 5.82 Å². The van der Waals surface area contributed by atoms with Gasteiger partial charge in [-0.1, -0.05) is 12.1 Å². The average molecular weight is 209 g/mol. The molecule has 16 heavy (non-hydrogen) atoms. The van der Waals surface area contributed by atoms with E-state index in [0.717, 1.165) is 27.2 Å². The van der Waals surface area contributed by atoms with Crippen LogP contribution in [-0.2, 0) is 0 Å². The van der Waals surface area contributed by atoms with E-state index >= 15 is 0 Å². The zero-order chi connectivity index (χ0) is 11.1. The first-order valence-electron chi connectivity index (χ1n) is 5.15. The molecule has 0 radical (unpaired) electrons. The predicted octanol–water partition coefficient (Wildman–Crippen LogP) is 2.67. The molecule has 0 saturated carbocycles. The summed E-state index contributed by atoms with van der Waals surface area (Å²) < 4.78 is 0. The molecule has 1 aromatic carbocycles. The van der Waals surface area contributed by atoms with Gasteiger partial charge in [0.15, 0.2) is 0 Å². The third-order valence-electron chi connectivity index (χ3n) is 2.83. The van der Waals surface area contributed by atoms with Crippen LogP contribution in [0.2, 0.25) is 0 Å². The molecule has 2 aromatic heterocycles. The fraction of sp³-hybridized carbons (Fsp3) is 0.0769. The highest BCUT2D eigenvalue weighted by Crippen LogP contribution is 2.25. The smallest absolute Gasteiger partial charge is 0.127 e. The van der Waals surface area contributed by atoms with E-state index in [1.807, 2.05) is 19.2 Å². The number of aryl methyl sites for hydroxylation is 1. The molecule has 0 spiro atoms. The summed E-state index contributed by atoms with van der Waals surface area (Å²) in [4.78, 5) is 8.58. The Morgan fingerprint density at radius 2 is 1.94 bits per heavy atom. The second-order valence-electron chi connectivity index (χ2n) is 3.92. The zero-order valence-corrected chi connectivity index (χ0v) is 8.94. The number of fused-ring (bicyclic) bond motifs is 3. The molecule has 0 aliphatic carbocycles. The monoisotopic (exact) mass is 209 g/mol. The van der Waals surface area contributed by atoms with Gasteiger partial charge in [-0.25, -0.2) is 4.98 Å². The number of nitrogens with zero attached hydrogens (tertiary/aromatic N) is 2. The highest BCUT2D eigenvalue weighted by Gasteiger charge is 2.04. The van der Waals surface area contributed by atoms with Crippen molar-refractivity contribution in [1.82, 2.24) is 9.97 Å². The van der Waals surface area contributed by atoms with Gasteiger partial charge >= 0.3 is 0 Å². The molecule has 0 fully saturated rings. The van der Waals surface area contributed by atoms with Gasteiger partial charge < -0.3 is 5.73 Å². The standard InChI is InChI=1S/C13H11N3/c1-8-6-10-3-2-9-4-5-15-7-11(9)12(10)16-13(8)14/h2-7H,1H3,(H2,14,16). The zero-order valence-electron chi connectivity index (χ0n) is 8.94. The SMILES string of the molecule is Cc1cc2ccc3ccncc3c2nc1N. The number of hydrogen-bond donors (Lipinski definition) is 1. The highest BCUT2D eigenvalue weighted by atomic mass is 14.8. The van der Waals surface area contributed by atoms with Crippen LogP contribution in [-0.4, -0.2) is 9.97 Å². The Morgan fingerprint density at radius 1 is 1.12 bits per heavy atom. The number of nitrogens with two attached hydrogens (primary N) is 1. The molecule has 0 amide bonds. The normalized spacial score (nSPS) is 11.1. The minimum absolute atomic E-state index is 0.587. The third-order valence-corrected chi connectivity index (χ3v) is 2.83. The van der Waals surface area contributed by atoms with Crippen LogP contribution < -0.4 is 5.73 Å². The van der Waals surface area contributed by atoms with Gasteiger partial charge in [-0.3, -0.25) is 4.98 Å². The Labute approximate surface area is 92.9 Å². The first kappa shape index (κ1) is 9.09. The maximum absolute atomic E-state index is 5.85. The number of pyridine rings is 2. The van der Waals surface area contributed by atoms with E-state index in [-0.39, 0.29) is 0 Å². The van der Waals surface area contributed by atoms with Gasteiger partial charge in [0.2, 0.25) is 0 Å². The van der Waals surface area contributed by atoms with Crippen LogP contribution in [0.15, 0.2) is 36.7 Å². The molecule has 2 heterocycles. The van der Waals surface area contributed by atoms with E-state index in [4.69, 9.17) is 5.73 Å². The lowest BCUT2D eigenvalue weighted by molar-refractivity contribution is 1.33. The van der Waals surface area contributed by atoms with Crippen molar-refractivity contribution in [3.05, 3.63) is 42.2 Å². The van der Waals surface area contributed by atoms with Crippen LogP contribution >= 0.6 is 0 Å². The van der Waals surface area contributed by atoms with Crippen molar-refractivity contribution in [1.29, 1.82) is 0 Å². The second kappa shape index (κ2) is 3.17. The Bertz CT molecular complexity index is 689. The van der Waals surface area contributed by atoms with Gasteiger partial charge in [0.05, 0.1) is 5.52 Å². The van der Waals surface area contributed by atoms with Gasteiger partial charge in [-0.05, 0) is 30.0 Å². The Balaban J connectivity index is 2.55. The summed E-state index contributed by atoms with van der Waals surface area (Å²) in [7, 11) is 0. The van der Waals surface area contributed by atoms with E-state index in [2.05, 4.69) is 28.2 Å². The number of aromatic nitrogens is 2. The third kappa shape index (κ3) is 1.21. The lowest BCUT2D eigenvalue weighted by Gasteiger charge is -2.05. The summed E-state index contributed by atoms with van der Waals surface area (Å²) in [5, 5.41) is 3.29. The summed E-state index contributed by atoms with van der Waals surface area (Å²) in [5.74, 6) is 0.587. The van der Waals surface area contributed by atoms with Crippen molar-refractivity contribution in [2.45, 2.75) is 6.92 Å². The molecule has 0 bridgehead atoms. The molecular weight excluding hydrogens is 198 g/mol. The number of rotatable bonds is 0. The van der Waals surface area contributed by atoms with Crippen molar-refractivity contribution < 1.29 is 0 Å². The summed E-state index contributed by atoms with van der Waals surface area (Å²) in [6.07, 6.45) is 3.62. The molecule has 0 unspecified atom stereocenters. The second-order valence-corrected chi connectivity index (χ2v) is 3.92. The van der Waals surface area contributed by atoms with E-state index in [9.17, 15) is 0 Å². The minimum atomic E-state index is 0.587. The van der Waals surface area contributed by atoms with Crippen molar-refractivity contribution in [3.63, 3.8) is 0 Å². The fourth-order valence-corrected chi connectivity index (χ4v) is 1.92. The van der Waals surface area contributed by atoms with E-state index in [1.54, 1.807) is 6.20 Å². The summed E-state index contributed by atoms with van der Waals surface area (Å²) in [5.41, 5.74) is 7.78. The minimum Gasteiger partial charge on any atom is -0.383 e. The Morgan fingerprint density at radius 3 is 2.81 bits per heavy atom. The molecule has 3 nitrogen and oxygen atoms in total. The molecule has 2 N–H and O–H groups in total. The number of nitrogen functional groups attached to an aromatic ring is 1. The molecule has 3 rings (SSSR count). The predicted molar refractivity (Wildman–Crippen MR) is 66.2 cm³/mol. The maximum Gasteiger partial charge on any atom is 0.127 e. The van der Waals surface area contributed by atoms with Crippen LogP contribution in [0.5, 0.6) is 0 Å². The molecule has 0 aliphatic rings. The number of hydrogen-bond acceptors (Lipinski definition) is 3. The molecule has 0 aliphatic heterocycles. The molecule has 0 saturated heterocycles. The van der Waals surface area contributed by atoms with Crippen LogP contribution in [0.4, 0.5) is 5.82 Å². The maximum atomic E-state index is 5.85. The summed E-state index contributed by atoms with van der Waals surface area (Å²) in [6.45, 7) is 1.97. The van der Waals surface area contributed by atoms with Crippen molar-refractivity contribution >= 4 is 27.5 Å². The highest BCUT2D eigenvalue weighted by molar-refractivity contribution is 6.05. The van der Waals surface area contributed by atoms with Crippen LogP contribution in [0.25, 0.3) is 21.7 Å². The lowest BCUT2D eigenvalue weighted by atomic mass is 10.1. The summed E-state index contributed by atoms with van der Waals surface area (Å²) >= 11 is 0. The van der Waals surface area contributed by atoms with Crippen molar-refractivity contribution in [2.75, 3.05) is 5.73 Å². The molecular formula is C13H11N3. The number of benzene rings is 1. The van der Waals surface area contributed by atoms with E-state index < -0.39 is 0 Å². The van der Waals surface area contributed by atoms with Gasteiger partial charge in [-0.15, -0.1) is 0 Å². The molecule has 3 aromatic rings. The van der Waals surface area contributed by atoms with Crippen LogP contribution in [0.3, 0.4) is 0 Å². The fourth-order valence-electron chi connectivity index (χ4n) is 1.92. The topological polar surface area (TPSA) is 51.8 Å².